The zero-order chi connectivity index (χ0) is 21.1. The lowest BCUT2D eigenvalue weighted by molar-refractivity contribution is -0.159. The number of nitrogens with zero attached hydrogens (tertiary/aromatic N) is 2. The van der Waals surface area contributed by atoms with Gasteiger partial charge in [0.15, 0.2) is 0 Å². The Labute approximate surface area is 179 Å². The number of fused-ring (bicyclic) bond motifs is 2. The standard InChI is InChI=1S/C24H35N3O3/c1-26(2)15-12-25-22(28)17-20-16-19-6-3-4-9-21(19)24(30-20)10-13-27(14-11-24)23(29)18-7-5-8-18/h3-4,6,9,18,20H,5,7-8,10-17H2,1-2H3,(H,25,28). The zero-order valence-corrected chi connectivity index (χ0v) is 18.4. The minimum Gasteiger partial charge on any atom is -0.366 e. The van der Waals surface area contributed by atoms with Gasteiger partial charge in [-0.05, 0) is 57.3 Å². The van der Waals surface area contributed by atoms with Crippen LogP contribution >= 0.6 is 0 Å². The summed E-state index contributed by atoms with van der Waals surface area (Å²) in [6.07, 6.45) is 5.92. The maximum absolute atomic E-state index is 12.7. The van der Waals surface area contributed by atoms with Crippen LogP contribution in [0.4, 0.5) is 0 Å². The van der Waals surface area contributed by atoms with E-state index in [9.17, 15) is 9.59 Å². The van der Waals surface area contributed by atoms with Gasteiger partial charge in [-0.3, -0.25) is 9.59 Å². The van der Waals surface area contributed by atoms with Gasteiger partial charge in [0.25, 0.3) is 0 Å². The average molecular weight is 414 g/mol. The molecule has 1 aromatic carbocycles. The lowest BCUT2D eigenvalue weighted by atomic mass is 9.77. The molecule has 0 bridgehead atoms. The van der Waals surface area contributed by atoms with Crippen molar-refractivity contribution in [3.8, 4) is 0 Å². The van der Waals surface area contributed by atoms with Crippen LogP contribution < -0.4 is 5.32 Å². The van der Waals surface area contributed by atoms with Crippen LogP contribution in [0.15, 0.2) is 24.3 Å². The van der Waals surface area contributed by atoms with Crippen LogP contribution in [0.5, 0.6) is 0 Å². The summed E-state index contributed by atoms with van der Waals surface area (Å²) < 4.78 is 6.66. The third kappa shape index (κ3) is 4.54. The second kappa shape index (κ2) is 9.06. The molecular formula is C24H35N3O3. The number of carbonyl (C=O) groups excluding carboxylic acids is 2. The van der Waals surface area contributed by atoms with Crippen molar-refractivity contribution in [2.75, 3.05) is 40.3 Å². The van der Waals surface area contributed by atoms with Crippen molar-refractivity contribution in [1.82, 2.24) is 15.1 Å². The fraction of sp³-hybridized carbons (Fsp3) is 0.667. The van der Waals surface area contributed by atoms with Gasteiger partial charge >= 0.3 is 0 Å². The van der Waals surface area contributed by atoms with E-state index in [1.165, 1.54) is 17.5 Å². The molecule has 2 heterocycles. The molecule has 4 rings (SSSR count). The predicted molar refractivity (Wildman–Crippen MR) is 116 cm³/mol. The van der Waals surface area contributed by atoms with E-state index in [0.29, 0.717) is 18.9 Å². The number of likely N-dealkylation sites (N-methyl/N-ethyl adjacent to an activating group) is 1. The molecule has 1 spiro atoms. The number of likely N-dealkylation sites (tertiary alicyclic amines) is 1. The summed E-state index contributed by atoms with van der Waals surface area (Å²) >= 11 is 0. The van der Waals surface area contributed by atoms with E-state index in [1.807, 2.05) is 19.0 Å². The first kappa shape index (κ1) is 21.3. The Balaban J connectivity index is 1.42. The van der Waals surface area contributed by atoms with Gasteiger partial charge in [-0.1, -0.05) is 30.7 Å². The van der Waals surface area contributed by atoms with E-state index in [-0.39, 0.29) is 23.5 Å². The van der Waals surface area contributed by atoms with Crippen LogP contribution in [0.3, 0.4) is 0 Å². The highest BCUT2D eigenvalue weighted by atomic mass is 16.5. The number of piperidine rings is 1. The normalized spacial score (nSPS) is 23.2. The lowest BCUT2D eigenvalue weighted by Gasteiger charge is -2.48. The Morgan fingerprint density at radius 2 is 1.93 bits per heavy atom. The fourth-order valence-corrected chi connectivity index (χ4v) is 5.01. The van der Waals surface area contributed by atoms with Gasteiger partial charge in [0.05, 0.1) is 18.1 Å². The summed E-state index contributed by atoms with van der Waals surface area (Å²) in [7, 11) is 4.00. The molecule has 30 heavy (non-hydrogen) atoms. The van der Waals surface area contributed by atoms with E-state index in [2.05, 4.69) is 34.5 Å². The number of amides is 2. The number of hydrogen-bond donors (Lipinski definition) is 1. The van der Waals surface area contributed by atoms with Gasteiger partial charge < -0.3 is 19.9 Å². The smallest absolute Gasteiger partial charge is 0.225 e. The summed E-state index contributed by atoms with van der Waals surface area (Å²) in [5.74, 6) is 0.628. The Morgan fingerprint density at radius 1 is 1.20 bits per heavy atom. The van der Waals surface area contributed by atoms with E-state index < -0.39 is 0 Å². The van der Waals surface area contributed by atoms with E-state index >= 15 is 0 Å². The SMILES string of the molecule is CN(C)CCNC(=O)CC1Cc2ccccc2C2(CCN(C(=O)C3CCC3)CC2)O1. The number of ether oxygens (including phenoxy) is 1. The number of hydrogen-bond acceptors (Lipinski definition) is 4. The molecule has 0 radical (unpaired) electrons. The molecule has 1 N–H and O–H groups in total. The van der Waals surface area contributed by atoms with Crippen molar-refractivity contribution >= 4 is 11.8 Å². The molecule has 1 aliphatic carbocycles. The monoisotopic (exact) mass is 413 g/mol. The van der Waals surface area contributed by atoms with Crippen LogP contribution in [-0.4, -0.2) is 68.0 Å². The highest BCUT2D eigenvalue weighted by Gasteiger charge is 2.45. The molecule has 3 aliphatic rings. The van der Waals surface area contributed by atoms with Gasteiger partial charge in [0.2, 0.25) is 11.8 Å². The van der Waals surface area contributed by atoms with Crippen molar-refractivity contribution in [2.45, 2.75) is 56.7 Å². The van der Waals surface area contributed by atoms with Crippen LogP contribution in [0.2, 0.25) is 0 Å². The highest BCUT2D eigenvalue weighted by Crippen LogP contribution is 2.44. The first-order valence-corrected chi connectivity index (χ1v) is 11.4. The zero-order valence-electron chi connectivity index (χ0n) is 18.4. The van der Waals surface area contributed by atoms with Crippen molar-refractivity contribution in [1.29, 1.82) is 0 Å². The maximum Gasteiger partial charge on any atom is 0.225 e. The Bertz CT molecular complexity index is 767. The summed E-state index contributed by atoms with van der Waals surface area (Å²) in [6, 6.07) is 8.49. The molecule has 2 fully saturated rings. The second-order valence-electron chi connectivity index (χ2n) is 9.41. The van der Waals surface area contributed by atoms with Gasteiger partial charge in [-0.15, -0.1) is 0 Å². The molecule has 6 nitrogen and oxygen atoms in total. The van der Waals surface area contributed by atoms with Crippen molar-refractivity contribution in [3.63, 3.8) is 0 Å². The molecule has 1 aromatic rings. The van der Waals surface area contributed by atoms with Crippen molar-refractivity contribution in [3.05, 3.63) is 35.4 Å². The first-order valence-electron chi connectivity index (χ1n) is 11.4. The first-order chi connectivity index (χ1) is 14.5. The second-order valence-corrected chi connectivity index (χ2v) is 9.41. The number of rotatable bonds is 6. The molecule has 1 atom stereocenters. The maximum atomic E-state index is 12.7. The predicted octanol–water partition coefficient (Wildman–Crippen LogP) is 2.31. The Kier molecular flexibility index (Phi) is 6.44. The molecule has 0 aromatic heterocycles. The molecule has 1 saturated heterocycles. The van der Waals surface area contributed by atoms with E-state index in [1.54, 1.807) is 0 Å². The van der Waals surface area contributed by atoms with Gasteiger partial charge in [0.1, 0.15) is 0 Å². The Morgan fingerprint density at radius 3 is 2.60 bits per heavy atom. The summed E-state index contributed by atoms with van der Waals surface area (Å²) in [6.45, 7) is 2.96. The van der Waals surface area contributed by atoms with Crippen LogP contribution in [-0.2, 0) is 26.3 Å². The molecule has 164 valence electrons. The number of benzene rings is 1. The molecule has 2 amide bonds. The fourth-order valence-electron chi connectivity index (χ4n) is 5.01. The topological polar surface area (TPSA) is 61.9 Å². The molecule has 1 unspecified atom stereocenters. The van der Waals surface area contributed by atoms with Crippen LogP contribution in [0.1, 0.15) is 49.7 Å². The number of nitrogens with one attached hydrogen (secondary N) is 1. The third-order valence-electron chi connectivity index (χ3n) is 6.98. The van der Waals surface area contributed by atoms with Gasteiger partial charge in [0, 0.05) is 32.1 Å². The number of carbonyl (C=O) groups is 2. The quantitative estimate of drug-likeness (QED) is 0.778. The Hall–Kier alpha value is -1.92. The highest BCUT2D eigenvalue weighted by molar-refractivity contribution is 5.79. The molecule has 6 heteroatoms. The van der Waals surface area contributed by atoms with Gasteiger partial charge in [-0.2, -0.15) is 0 Å². The van der Waals surface area contributed by atoms with Crippen LogP contribution in [0.25, 0.3) is 0 Å². The lowest BCUT2D eigenvalue weighted by Crippen LogP contribution is -2.52. The van der Waals surface area contributed by atoms with E-state index in [4.69, 9.17) is 4.74 Å². The largest absolute Gasteiger partial charge is 0.366 e. The summed E-state index contributed by atoms with van der Waals surface area (Å²) in [5, 5.41) is 3.01. The molecular weight excluding hydrogens is 378 g/mol. The average Bonchev–Trinajstić information content (AvgIpc) is 2.67. The van der Waals surface area contributed by atoms with Crippen molar-refractivity contribution in [2.24, 2.45) is 5.92 Å². The molecule has 2 aliphatic heterocycles. The minimum absolute atomic E-state index is 0.0500. The molecule has 1 saturated carbocycles. The summed E-state index contributed by atoms with van der Waals surface area (Å²) in [4.78, 5) is 29.3. The van der Waals surface area contributed by atoms with Crippen LogP contribution in [0, 0.1) is 5.92 Å². The van der Waals surface area contributed by atoms with E-state index in [0.717, 1.165) is 51.7 Å². The third-order valence-corrected chi connectivity index (χ3v) is 6.98. The summed E-state index contributed by atoms with van der Waals surface area (Å²) in [5.41, 5.74) is 2.17. The minimum atomic E-state index is -0.375. The van der Waals surface area contributed by atoms with Crippen molar-refractivity contribution < 1.29 is 14.3 Å². The van der Waals surface area contributed by atoms with Gasteiger partial charge in [-0.25, -0.2) is 0 Å².